The zero-order valence-electron chi connectivity index (χ0n) is 13.9. The number of anilines is 1. The second kappa shape index (κ2) is 7.40. The number of amides is 1. The van der Waals surface area contributed by atoms with E-state index in [0.29, 0.717) is 27.9 Å². The fourth-order valence-corrected chi connectivity index (χ4v) is 2.45. The van der Waals surface area contributed by atoms with Crippen LogP contribution in [-0.4, -0.2) is 11.1 Å². The Morgan fingerprint density at radius 1 is 1.20 bits per heavy atom. The van der Waals surface area contributed by atoms with E-state index in [1.54, 1.807) is 12.1 Å². The normalized spacial score (nSPS) is 10.5. The number of hydrogen-bond donors (Lipinski definition) is 1. The Morgan fingerprint density at radius 3 is 2.68 bits per heavy atom. The van der Waals surface area contributed by atoms with Crippen molar-refractivity contribution in [1.29, 1.82) is 0 Å². The van der Waals surface area contributed by atoms with Crippen LogP contribution in [0.4, 0.5) is 5.69 Å². The number of aryl methyl sites for hydroxylation is 1. The molecule has 2 aromatic carbocycles. The van der Waals surface area contributed by atoms with Crippen molar-refractivity contribution in [1.82, 2.24) is 5.16 Å². The molecular formula is C19H17ClN2O3. The Morgan fingerprint density at radius 2 is 1.96 bits per heavy atom. The number of hydrogen-bond acceptors (Lipinski definition) is 4. The molecule has 5 nitrogen and oxygen atoms in total. The molecule has 1 heterocycles. The third kappa shape index (κ3) is 4.39. The third-order valence-corrected chi connectivity index (χ3v) is 3.77. The lowest BCUT2D eigenvalue weighted by molar-refractivity contribution is -0.114. The summed E-state index contributed by atoms with van der Waals surface area (Å²) >= 11 is 5.89. The van der Waals surface area contributed by atoms with Crippen LogP contribution in [0.5, 0.6) is 5.75 Å². The lowest BCUT2D eigenvalue weighted by Crippen LogP contribution is -2.08. The fourth-order valence-electron chi connectivity index (χ4n) is 2.33. The summed E-state index contributed by atoms with van der Waals surface area (Å²) in [5.41, 5.74) is 3.27. The summed E-state index contributed by atoms with van der Waals surface area (Å²) in [5.74, 6) is 1.01. The molecule has 0 unspecified atom stereocenters. The lowest BCUT2D eigenvalue weighted by Gasteiger charge is -2.11. The molecule has 0 radical (unpaired) electrons. The Balaban J connectivity index is 1.73. The van der Waals surface area contributed by atoms with Gasteiger partial charge in [-0.1, -0.05) is 35.0 Å². The Labute approximate surface area is 150 Å². The van der Waals surface area contributed by atoms with E-state index in [1.165, 1.54) is 6.92 Å². The number of nitrogens with one attached hydrogen (secondary N) is 1. The minimum atomic E-state index is -0.154. The van der Waals surface area contributed by atoms with Gasteiger partial charge in [-0.3, -0.25) is 4.79 Å². The highest BCUT2D eigenvalue weighted by Crippen LogP contribution is 2.27. The average Bonchev–Trinajstić information content (AvgIpc) is 3.04. The van der Waals surface area contributed by atoms with Crippen molar-refractivity contribution in [2.24, 2.45) is 0 Å². The first-order valence-electron chi connectivity index (χ1n) is 7.74. The zero-order chi connectivity index (χ0) is 17.8. The molecule has 0 fully saturated rings. The second-order valence-corrected chi connectivity index (χ2v) is 6.09. The van der Waals surface area contributed by atoms with Crippen molar-refractivity contribution >= 4 is 23.2 Å². The molecule has 6 heteroatoms. The number of carbonyl (C=O) groups is 1. The van der Waals surface area contributed by atoms with Gasteiger partial charge >= 0.3 is 0 Å². The molecule has 128 valence electrons. The van der Waals surface area contributed by atoms with Gasteiger partial charge in [-0.15, -0.1) is 0 Å². The average molecular weight is 357 g/mol. The molecule has 1 N–H and O–H groups in total. The lowest BCUT2D eigenvalue weighted by atomic mass is 10.1. The molecule has 0 aliphatic carbocycles. The summed E-state index contributed by atoms with van der Waals surface area (Å²) in [7, 11) is 0. The molecule has 0 bridgehead atoms. The number of benzene rings is 2. The van der Waals surface area contributed by atoms with Gasteiger partial charge in [0.15, 0.2) is 5.76 Å². The number of nitrogens with zero attached hydrogens (tertiary/aromatic N) is 1. The predicted octanol–water partition coefficient (Wildman–Crippen LogP) is 4.84. The summed E-state index contributed by atoms with van der Waals surface area (Å²) < 4.78 is 11.1. The Kier molecular flexibility index (Phi) is 5.05. The Bertz CT molecular complexity index is 888. The van der Waals surface area contributed by atoms with Crippen molar-refractivity contribution in [3.05, 3.63) is 64.9 Å². The topological polar surface area (TPSA) is 64.4 Å². The molecule has 0 saturated heterocycles. The molecular weight excluding hydrogens is 340 g/mol. The minimum Gasteiger partial charge on any atom is -0.483 e. The molecule has 0 atom stereocenters. The van der Waals surface area contributed by atoms with E-state index in [0.717, 1.165) is 11.1 Å². The van der Waals surface area contributed by atoms with Crippen LogP contribution in [0, 0.1) is 6.92 Å². The molecule has 0 aliphatic heterocycles. The van der Waals surface area contributed by atoms with E-state index in [2.05, 4.69) is 10.5 Å². The van der Waals surface area contributed by atoms with Crippen LogP contribution in [-0.2, 0) is 11.4 Å². The maximum absolute atomic E-state index is 11.3. The summed E-state index contributed by atoms with van der Waals surface area (Å²) in [6, 6.07) is 14.7. The third-order valence-electron chi connectivity index (χ3n) is 3.52. The van der Waals surface area contributed by atoms with E-state index in [-0.39, 0.29) is 12.5 Å². The highest BCUT2D eigenvalue weighted by atomic mass is 35.5. The predicted molar refractivity (Wildman–Crippen MR) is 96.8 cm³/mol. The van der Waals surface area contributed by atoms with Crippen LogP contribution < -0.4 is 10.1 Å². The van der Waals surface area contributed by atoms with Crippen LogP contribution in [0.25, 0.3) is 11.3 Å². The van der Waals surface area contributed by atoms with E-state index < -0.39 is 0 Å². The van der Waals surface area contributed by atoms with Gasteiger partial charge in [0.05, 0.1) is 5.69 Å². The first-order valence-corrected chi connectivity index (χ1v) is 8.11. The van der Waals surface area contributed by atoms with Gasteiger partial charge in [0.2, 0.25) is 5.91 Å². The van der Waals surface area contributed by atoms with Gasteiger partial charge in [-0.05, 0) is 36.8 Å². The van der Waals surface area contributed by atoms with Gasteiger partial charge in [0.25, 0.3) is 0 Å². The van der Waals surface area contributed by atoms with Gasteiger partial charge in [0.1, 0.15) is 18.1 Å². The fraction of sp³-hybridized carbons (Fsp3) is 0.158. The van der Waals surface area contributed by atoms with E-state index in [9.17, 15) is 4.79 Å². The Hall–Kier alpha value is -2.79. The van der Waals surface area contributed by atoms with Crippen molar-refractivity contribution in [3.8, 4) is 17.0 Å². The molecule has 25 heavy (non-hydrogen) atoms. The van der Waals surface area contributed by atoms with Crippen LogP contribution in [0.3, 0.4) is 0 Å². The maximum atomic E-state index is 11.3. The van der Waals surface area contributed by atoms with Gasteiger partial charge in [0, 0.05) is 23.6 Å². The molecule has 3 aromatic rings. The van der Waals surface area contributed by atoms with E-state index in [4.69, 9.17) is 20.9 Å². The molecule has 3 rings (SSSR count). The van der Waals surface area contributed by atoms with Crippen LogP contribution in [0.2, 0.25) is 5.02 Å². The minimum absolute atomic E-state index is 0.154. The smallest absolute Gasteiger partial charge is 0.221 e. The van der Waals surface area contributed by atoms with E-state index in [1.807, 2.05) is 43.3 Å². The molecule has 0 saturated carbocycles. The van der Waals surface area contributed by atoms with Gasteiger partial charge in [-0.25, -0.2) is 0 Å². The largest absolute Gasteiger partial charge is 0.483 e. The van der Waals surface area contributed by atoms with Crippen molar-refractivity contribution in [3.63, 3.8) is 0 Å². The summed E-state index contributed by atoms with van der Waals surface area (Å²) in [6.45, 7) is 3.62. The SMILES string of the molecule is CC(=O)Nc1ccc(C)cc1OCc1cc(-c2ccc(Cl)cc2)no1. The highest BCUT2D eigenvalue weighted by Gasteiger charge is 2.10. The van der Waals surface area contributed by atoms with Crippen molar-refractivity contribution < 1.29 is 14.1 Å². The summed E-state index contributed by atoms with van der Waals surface area (Å²) in [6.07, 6.45) is 0. The van der Waals surface area contributed by atoms with Crippen LogP contribution in [0.1, 0.15) is 18.2 Å². The molecule has 1 amide bonds. The van der Waals surface area contributed by atoms with Crippen LogP contribution >= 0.6 is 11.6 Å². The molecule has 0 spiro atoms. The van der Waals surface area contributed by atoms with Gasteiger partial charge < -0.3 is 14.6 Å². The zero-order valence-corrected chi connectivity index (χ0v) is 14.6. The van der Waals surface area contributed by atoms with Crippen molar-refractivity contribution in [2.45, 2.75) is 20.5 Å². The quantitative estimate of drug-likeness (QED) is 0.710. The number of aromatic nitrogens is 1. The number of ether oxygens (including phenoxy) is 1. The van der Waals surface area contributed by atoms with Gasteiger partial charge in [-0.2, -0.15) is 0 Å². The highest BCUT2D eigenvalue weighted by molar-refractivity contribution is 6.30. The second-order valence-electron chi connectivity index (χ2n) is 5.65. The first kappa shape index (κ1) is 17.0. The van der Waals surface area contributed by atoms with Crippen molar-refractivity contribution in [2.75, 3.05) is 5.32 Å². The number of rotatable bonds is 5. The maximum Gasteiger partial charge on any atom is 0.221 e. The summed E-state index contributed by atoms with van der Waals surface area (Å²) in [5, 5.41) is 7.47. The molecule has 1 aromatic heterocycles. The van der Waals surface area contributed by atoms with Crippen LogP contribution in [0.15, 0.2) is 53.1 Å². The van der Waals surface area contributed by atoms with E-state index >= 15 is 0 Å². The first-order chi connectivity index (χ1) is 12.0. The number of carbonyl (C=O) groups excluding carboxylic acids is 1. The monoisotopic (exact) mass is 356 g/mol. The number of halogens is 1. The standard InChI is InChI=1S/C19H17ClN2O3/c1-12-3-8-17(21-13(2)23)19(9-12)24-11-16-10-18(22-25-16)14-4-6-15(20)7-5-14/h3-10H,11H2,1-2H3,(H,21,23). The molecule has 0 aliphatic rings. The summed E-state index contributed by atoms with van der Waals surface area (Å²) in [4.78, 5) is 11.3.